The Balaban J connectivity index is 0.000000980. The van der Waals surface area contributed by atoms with Gasteiger partial charge in [-0.3, -0.25) is 0 Å². The van der Waals surface area contributed by atoms with Crippen molar-refractivity contribution in [2.45, 2.75) is 45.4 Å². The van der Waals surface area contributed by atoms with Crippen LogP contribution in [0.2, 0.25) is 0 Å². The molecule has 0 saturated carbocycles. The molecule has 0 bridgehead atoms. The van der Waals surface area contributed by atoms with E-state index in [1.54, 1.807) is 50.3 Å². The monoisotopic (exact) mass is 327 g/mol. The van der Waals surface area contributed by atoms with E-state index in [-0.39, 0.29) is 31.2 Å². The Morgan fingerprint density at radius 2 is 1.86 bits per heavy atom. The highest BCUT2D eigenvalue weighted by Crippen LogP contribution is 2.69. The van der Waals surface area contributed by atoms with Crippen LogP contribution in [0.1, 0.15) is 45.4 Å². The predicted octanol–water partition coefficient (Wildman–Crippen LogP) is 4.63. The molecule has 0 aromatic rings. The molecular weight excluding hydrogens is 302 g/mol. The van der Waals surface area contributed by atoms with Crippen LogP contribution in [-0.4, -0.2) is 24.6 Å². The molecule has 1 unspecified atom stereocenters. The van der Waals surface area contributed by atoms with E-state index in [4.69, 9.17) is 0 Å². The lowest BCUT2D eigenvalue weighted by Crippen LogP contribution is -2.01. The van der Waals surface area contributed by atoms with Gasteiger partial charge in [-0.1, -0.05) is 26.2 Å². The highest BCUT2D eigenvalue weighted by Gasteiger charge is 2.38. The van der Waals surface area contributed by atoms with Crippen LogP contribution >= 0.6 is 31.2 Å². The number of hydrogen-bond donors (Lipinski definition) is 0. The van der Waals surface area contributed by atoms with Crippen molar-refractivity contribution in [1.82, 2.24) is 0 Å². The first-order chi connectivity index (χ1) is 6.35. The summed E-state index contributed by atoms with van der Waals surface area (Å²) in [5.41, 5.74) is 0. The van der Waals surface area contributed by atoms with Crippen LogP contribution in [0.15, 0.2) is 0 Å². The van der Waals surface area contributed by atoms with E-state index < -0.39 is 0 Å². The maximum atomic E-state index is 2.33. The normalized spacial score (nSPS) is 29.4. The van der Waals surface area contributed by atoms with Crippen LogP contribution in [0.25, 0.3) is 0 Å². The van der Waals surface area contributed by atoms with Crippen molar-refractivity contribution in [1.29, 1.82) is 0 Å². The summed E-state index contributed by atoms with van der Waals surface area (Å²) in [4.78, 5) is 0. The Kier molecular flexibility index (Phi) is 5.70. The molecule has 0 amide bonds. The van der Waals surface area contributed by atoms with Gasteiger partial charge in [0.05, 0.1) is 0 Å². The summed E-state index contributed by atoms with van der Waals surface area (Å²) in [6, 6.07) is 0. The molecule has 2 aliphatic heterocycles. The lowest BCUT2D eigenvalue weighted by molar-refractivity contribution is 0.517. The standard InChI is InChI=1S/C12H24P.HI/c1-2-3-6-12-7-10-13(11-12)8-4-5-9-13;/h12H,2-11H2,1H3;1H. The molecule has 14 heavy (non-hydrogen) atoms. The van der Waals surface area contributed by atoms with Gasteiger partial charge in [0.2, 0.25) is 0 Å². The van der Waals surface area contributed by atoms with Gasteiger partial charge in [0.25, 0.3) is 0 Å². The topological polar surface area (TPSA) is 0 Å². The molecule has 2 heterocycles. The summed E-state index contributed by atoms with van der Waals surface area (Å²) >= 11 is 0. The molecule has 0 aliphatic carbocycles. The van der Waals surface area contributed by atoms with Crippen LogP contribution in [0.4, 0.5) is 0 Å². The van der Waals surface area contributed by atoms with Crippen molar-refractivity contribution in [3.05, 3.63) is 0 Å². The van der Waals surface area contributed by atoms with Crippen molar-refractivity contribution in [2.75, 3.05) is 24.6 Å². The highest BCUT2D eigenvalue weighted by molar-refractivity contribution is 14.0. The fourth-order valence-electron chi connectivity index (χ4n) is 3.33. The molecule has 2 aliphatic rings. The summed E-state index contributed by atoms with van der Waals surface area (Å²) in [6.45, 7) is 2.33. The third-order valence-electron chi connectivity index (χ3n) is 4.14. The van der Waals surface area contributed by atoms with Crippen molar-refractivity contribution in [2.24, 2.45) is 5.92 Å². The lowest BCUT2D eigenvalue weighted by Gasteiger charge is -2.25. The van der Waals surface area contributed by atoms with Gasteiger partial charge in [0, 0.05) is 0 Å². The van der Waals surface area contributed by atoms with Crippen LogP contribution < -0.4 is 0 Å². The summed E-state index contributed by atoms with van der Waals surface area (Å²) in [5, 5.41) is 0. The first-order valence-electron chi connectivity index (χ1n) is 6.20. The van der Waals surface area contributed by atoms with Gasteiger partial charge in [-0.25, -0.2) is 0 Å². The third-order valence-corrected chi connectivity index (χ3v) is 9.17. The minimum absolute atomic E-state index is 0. The summed E-state index contributed by atoms with van der Waals surface area (Å²) in [7, 11) is -0.294. The van der Waals surface area contributed by atoms with E-state index in [0.717, 1.165) is 5.92 Å². The van der Waals surface area contributed by atoms with E-state index in [0.29, 0.717) is 0 Å². The van der Waals surface area contributed by atoms with Gasteiger partial charge in [-0.05, 0) is 49.8 Å². The molecule has 0 N–H and O–H groups in total. The second-order valence-corrected chi connectivity index (χ2v) is 9.59. The van der Waals surface area contributed by atoms with Crippen LogP contribution in [0, 0.1) is 5.92 Å². The van der Waals surface area contributed by atoms with Crippen LogP contribution in [-0.2, 0) is 0 Å². The molecule has 0 aromatic carbocycles. The zero-order valence-corrected chi connectivity index (χ0v) is 12.7. The zero-order chi connectivity index (χ0) is 9.15. The first-order valence-corrected chi connectivity index (χ1v) is 8.73. The average molecular weight is 327 g/mol. The number of hydrogen-bond acceptors (Lipinski definition) is 0. The lowest BCUT2D eigenvalue weighted by atomic mass is 10.0. The minimum Gasteiger partial charge on any atom is -0.125 e. The smallest absolute Gasteiger partial charge is 0.0331 e. The van der Waals surface area contributed by atoms with E-state index in [2.05, 4.69) is 6.92 Å². The molecule has 1 atom stereocenters. The van der Waals surface area contributed by atoms with Gasteiger partial charge >= 0.3 is 0 Å². The molecule has 2 fully saturated rings. The molecule has 2 heteroatoms. The largest absolute Gasteiger partial charge is 0.125 e. The summed E-state index contributed by atoms with van der Waals surface area (Å²) < 4.78 is 0. The van der Waals surface area contributed by atoms with E-state index in [9.17, 15) is 0 Å². The Morgan fingerprint density at radius 1 is 1.14 bits per heavy atom. The molecule has 0 nitrogen and oxygen atoms in total. The fourth-order valence-corrected chi connectivity index (χ4v) is 8.71. The fraction of sp³-hybridized carbons (Fsp3) is 1.00. The second-order valence-electron chi connectivity index (χ2n) is 5.20. The van der Waals surface area contributed by atoms with Gasteiger partial charge in [-0.15, -0.1) is 31.2 Å². The van der Waals surface area contributed by atoms with Crippen molar-refractivity contribution >= 4 is 31.2 Å². The van der Waals surface area contributed by atoms with Crippen molar-refractivity contribution in [3.8, 4) is 0 Å². The molecule has 0 aromatic heterocycles. The number of unbranched alkanes of at least 4 members (excludes halogenated alkanes) is 1. The summed E-state index contributed by atoms with van der Waals surface area (Å²) in [5.74, 6) is 1.16. The molecular formula is C12H25IP. The molecule has 1 radical (unpaired) electrons. The Bertz CT molecular complexity index is 164. The molecule has 2 saturated heterocycles. The van der Waals surface area contributed by atoms with E-state index in [1.165, 1.54) is 12.8 Å². The van der Waals surface area contributed by atoms with Gasteiger partial charge in [0.15, 0.2) is 0 Å². The van der Waals surface area contributed by atoms with Crippen LogP contribution in [0.5, 0.6) is 0 Å². The molecule has 85 valence electrons. The predicted molar refractivity (Wildman–Crippen MR) is 78.7 cm³/mol. The zero-order valence-electron chi connectivity index (χ0n) is 9.50. The highest BCUT2D eigenvalue weighted by atomic mass is 127. The SMILES string of the molecule is CCCCC1CC[P]2(CCCC2)C1.I. The number of halogens is 1. The van der Waals surface area contributed by atoms with Gasteiger partial charge < -0.3 is 0 Å². The van der Waals surface area contributed by atoms with Crippen LogP contribution in [0.3, 0.4) is 0 Å². The second kappa shape index (κ2) is 6.03. The number of rotatable bonds is 3. The first kappa shape index (κ1) is 13.2. The average Bonchev–Trinajstić information content (AvgIpc) is 2.74. The van der Waals surface area contributed by atoms with Crippen molar-refractivity contribution < 1.29 is 0 Å². The van der Waals surface area contributed by atoms with E-state index in [1.807, 2.05) is 0 Å². The Hall–Kier alpha value is 1.16. The van der Waals surface area contributed by atoms with Gasteiger partial charge in [0.1, 0.15) is 0 Å². The molecule has 1 spiro atoms. The molecule has 2 rings (SSSR count). The van der Waals surface area contributed by atoms with Crippen molar-refractivity contribution in [3.63, 3.8) is 0 Å². The Labute approximate surface area is 107 Å². The maximum absolute atomic E-state index is 2.33. The quantitative estimate of drug-likeness (QED) is 0.524. The third kappa shape index (κ3) is 3.07. The van der Waals surface area contributed by atoms with E-state index >= 15 is 0 Å². The Morgan fingerprint density at radius 3 is 2.50 bits per heavy atom. The minimum atomic E-state index is -0.294. The summed E-state index contributed by atoms with van der Waals surface area (Å²) in [6.07, 6.45) is 15.9. The van der Waals surface area contributed by atoms with Gasteiger partial charge in [-0.2, -0.15) is 0 Å². The maximum Gasteiger partial charge on any atom is -0.0331 e.